The number of hydrogen-bond donors (Lipinski definition) is 1. The minimum atomic E-state index is -0.780. The van der Waals surface area contributed by atoms with Gasteiger partial charge in [0.05, 0.1) is 0 Å². The lowest BCUT2D eigenvalue weighted by Crippen LogP contribution is -2.25. The summed E-state index contributed by atoms with van der Waals surface area (Å²) in [6, 6.07) is 6.52. The van der Waals surface area contributed by atoms with Crippen molar-refractivity contribution in [3.8, 4) is 0 Å². The van der Waals surface area contributed by atoms with Crippen molar-refractivity contribution in [3.63, 3.8) is 0 Å². The second-order valence-corrected chi connectivity index (χ2v) is 5.94. The van der Waals surface area contributed by atoms with Gasteiger partial charge in [0.1, 0.15) is 5.82 Å². The highest BCUT2D eigenvalue weighted by Crippen LogP contribution is 2.18. The van der Waals surface area contributed by atoms with Gasteiger partial charge in [0.2, 0.25) is 0 Å². The van der Waals surface area contributed by atoms with Crippen LogP contribution in [0.2, 0.25) is 0 Å². The van der Waals surface area contributed by atoms with Crippen LogP contribution < -0.4 is 5.32 Å². The number of hydrogen-bond acceptors (Lipinski definition) is 2. The molecule has 0 radical (unpaired) electrons. The Labute approximate surface area is 97.7 Å². The second-order valence-electron chi connectivity index (χ2n) is 4.39. The van der Waals surface area contributed by atoms with Crippen LogP contribution in [0.5, 0.6) is 0 Å². The van der Waals surface area contributed by atoms with E-state index in [0.29, 0.717) is 11.7 Å². The van der Waals surface area contributed by atoms with E-state index in [2.05, 4.69) is 12.2 Å². The average Bonchev–Trinajstić information content (AvgIpc) is 2.41. The van der Waals surface area contributed by atoms with Crippen LogP contribution in [0.4, 0.5) is 4.39 Å². The zero-order valence-corrected chi connectivity index (χ0v) is 10.1. The van der Waals surface area contributed by atoms with E-state index >= 15 is 0 Å². The van der Waals surface area contributed by atoms with Crippen molar-refractivity contribution in [2.75, 3.05) is 18.1 Å². The first-order valence-electron chi connectivity index (χ1n) is 5.49. The van der Waals surface area contributed by atoms with Crippen molar-refractivity contribution < 1.29 is 8.60 Å². The highest BCUT2D eigenvalue weighted by molar-refractivity contribution is 7.85. The molecule has 0 saturated carbocycles. The fraction of sp³-hybridized carbons (Fsp3) is 0.500. The van der Waals surface area contributed by atoms with Crippen molar-refractivity contribution in [3.05, 3.63) is 35.6 Å². The molecule has 1 aromatic carbocycles. The first-order valence-corrected chi connectivity index (χ1v) is 6.98. The molecule has 0 spiro atoms. The molecule has 1 aromatic rings. The van der Waals surface area contributed by atoms with E-state index in [1.807, 2.05) is 0 Å². The van der Waals surface area contributed by atoms with Crippen molar-refractivity contribution in [2.45, 2.75) is 13.0 Å². The average molecular weight is 241 g/mol. The van der Waals surface area contributed by atoms with E-state index < -0.39 is 10.8 Å². The number of benzene rings is 1. The SMILES string of the molecule is CC1CNC(c2ccc(F)cc2)CS(=O)C1. The predicted molar refractivity (Wildman–Crippen MR) is 64.2 cm³/mol. The summed E-state index contributed by atoms with van der Waals surface area (Å²) in [5.41, 5.74) is 1.02. The van der Waals surface area contributed by atoms with Crippen LogP contribution in [0, 0.1) is 11.7 Å². The molecule has 1 fully saturated rings. The monoisotopic (exact) mass is 241 g/mol. The minimum Gasteiger partial charge on any atom is -0.309 e. The van der Waals surface area contributed by atoms with Crippen LogP contribution in [0.25, 0.3) is 0 Å². The molecule has 1 saturated heterocycles. The van der Waals surface area contributed by atoms with Gasteiger partial charge < -0.3 is 5.32 Å². The second kappa shape index (κ2) is 5.06. The summed E-state index contributed by atoms with van der Waals surface area (Å²) in [5.74, 6) is 1.58. The topological polar surface area (TPSA) is 29.1 Å². The fourth-order valence-electron chi connectivity index (χ4n) is 1.94. The van der Waals surface area contributed by atoms with Gasteiger partial charge in [-0.15, -0.1) is 0 Å². The van der Waals surface area contributed by atoms with Crippen molar-refractivity contribution >= 4 is 10.8 Å². The maximum atomic E-state index is 12.8. The quantitative estimate of drug-likeness (QED) is 0.813. The van der Waals surface area contributed by atoms with Gasteiger partial charge in [-0.3, -0.25) is 4.21 Å². The Morgan fingerprint density at radius 1 is 1.31 bits per heavy atom. The minimum absolute atomic E-state index is 0.0892. The van der Waals surface area contributed by atoms with E-state index in [4.69, 9.17) is 0 Å². The van der Waals surface area contributed by atoms with E-state index in [0.717, 1.165) is 17.9 Å². The molecule has 0 bridgehead atoms. The summed E-state index contributed by atoms with van der Waals surface area (Å²) in [7, 11) is -0.780. The maximum Gasteiger partial charge on any atom is 0.123 e. The van der Waals surface area contributed by atoms with Crippen LogP contribution in [0.1, 0.15) is 18.5 Å². The van der Waals surface area contributed by atoms with Crippen LogP contribution in [-0.4, -0.2) is 22.3 Å². The smallest absolute Gasteiger partial charge is 0.123 e. The fourth-order valence-corrected chi connectivity index (χ4v) is 3.51. The maximum absolute atomic E-state index is 12.8. The van der Waals surface area contributed by atoms with Gasteiger partial charge >= 0.3 is 0 Å². The van der Waals surface area contributed by atoms with Gasteiger partial charge in [-0.25, -0.2) is 4.39 Å². The molecule has 16 heavy (non-hydrogen) atoms. The van der Waals surface area contributed by atoms with Gasteiger partial charge in [0.25, 0.3) is 0 Å². The van der Waals surface area contributed by atoms with Gasteiger partial charge in [0, 0.05) is 28.3 Å². The Hall–Kier alpha value is -0.740. The normalized spacial score (nSPS) is 31.0. The summed E-state index contributed by atoms with van der Waals surface area (Å²) in [4.78, 5) is 0. The van der Waals surface area contributed by atoms with Crippen molar-refractivity contribution in [1.29, 1.82) is 0 Å². The van der Waals surface area contributed by atoms with Crippen LogP contribution in [0.15, 0.2) is 24.3 Å². The summed E-state index contributed by atoms with van der Waals surface area (Å²) in [5, 5.41) is 3.38. The molecule has 1 N–H and O–H groups in total. The lowest BCUT2D eigenvalue weighted by atomic mass is 10.1. The molecule has 0 aliphatic carbocycles. The summed E-state index contributed by atoms with van der Waals surface area (Å²) < 4.78 is 24.5. The van der Waals surface area contributed by atoms with E-state index in [1.54, 1.807) is 12.1 Å². The molecule has 88 valence electrons. The zero-order valence-electron chi connectivity index (χ0n) is 9.28. The number of halogens is 1. The zero-order chi connectivity index (χ0) is 11.5. The Balaban J connectivity index is 2.14. The molecular weight excluding hydrogens is 225 g/mol. The third kappa shape index (κ3) is 2.89. The Morgan fingerprint density at radius 3 is 2.69 bits per heavy atom. The van der Waals surface area contributed by atoms with Gasteiger partial charge in [0.15, 0.2) is 0 Å². The van der Waals surface area contributed by atoms with Crippen LogP contribution in [-0.2, 0) is 10.8 Å². The van der Waals surface area contributed by atoms with Crippen LogP contribution in [0.3, 0.4) is 0 Å². The van der Waals surface area contributed by atoms with Gasteiger partial charge in [-0.2, -0.15) is 0 Å². The number of nitrogens with one attached hydrogen (secondary N) is 1. The Kier molecular flexibility index (Phi) is 3.71. The molecule has 3 unspecified atom stereocenters. The summed E-state index contributed by atoms with van der Waals surface area (Å²) in [6.07, 6.45) is 0. The standard InChI is InChI=1S/C12H16FNOS/c1-9-6-14-12(8-16(15)7-9)10-2-4-11(13)5-3-10/h2-5,9,12,14H,6-8H2,1H3. The molecule has 0 aromatic heterocycles. The van der Waals surface area contributed by atoms with E-state index in [9.17, 15) is 8.60 Å². The molecular formula is C12H16FNOS. The van der Waals surface area contributed by atoms with E-state index in [1.165, 1.54) is 12.1 Å². The number of rotatable bonds is 1. The van der Waals surface area contributed by atoms with E-state index in [-0.39, 0.29) is 11.9 Å². The molecule has 1 aliphatic heterocycles. The first-order chi connectivity index (χ1) is 7.65. The van der Waals surface area contributed by atoms with Gasteiger partial charge in [-0.05, 0) is 30.2 Å². The molecule has 4 heteroatoms. The molecule has 2 rings (SSSR count). The Bertz CT molecular complexity index is 379. The van der Waals surface area contributed by atoms with Crippen molar-refractivity contribution in [2.24, 2.45) is 5.92 Å². The highest BCUT2D eigenvalue weighted by atomic mass is 32.2. The molecule has 1 aliphatic rings. The molecule has 3 atom stereocenters. The van der Waals surface area contributed by atoms with Crippen molar-refractivity contribution in [1.82, 2.24) is 5.32 Å². The lowest BCUT2D eigenvalue weighted by Gasteiger charge is -2.15. The molecule has 0 amide bonds. The highest BCUT2D eigenvalue weighted by Gasteiger charge is 2.21. The summed E-state index contributed by atoms with van der Waals surface area (Å²) >= 11 is 0. The lowest BCUT2D eigenvalue weighted by molar-refractivity contribution is 0.517. The molecule has 2 nitrogen and oxygen atoms in total. The predicted octanol–water partition coefficient (Wildman–Crippen LogP) is 1.85. The summed E-state index contributed by atoms with van der Waals surface area (Å²) in [6.45, 7) is 2.96. The van der Waals surface area contributed by atoms with Gasteiger partial charge in [-0.1, -0.05) is 19.1 Å². The first kappa shape index (κ1) is 11.7. The Morgan fingerprint density at radius 2 is 2.00 bits per heavy atom. The third-order valence-corrected chi connectivity index (χ3v) is 4.45. The third-order valence-electron chi connectivity index (χ3n) is 2.81. The van der Waals surface area contributed by atoms with Crippen LogP contribution >= 0.6 is 0 Å². The largest absolute Gasteiger partial charge is 0.309 e. The molecule has 1 heterocycles.